The average molecular weight is 409 g/mol. The molecule has 0 unspecified atom stereocenters. The van der Waals surface area contributed by atoms with Gasteiger partial charge in [-0.1, -0.05) is 12.1 Å². The second-order valence-electron chi connectivity index (χ2n) is 6.16. The lowest BCUT2D eigenvalue weighted by Gasteiger charge is -2.31. The van der Waals surface area contributed by atoms with Crippen LogP contribution in [-0.2, 0) is 5.72 Å². The van der Waals surface area contributed by atoms with Crippen molar-refractivity contribution in [1.29, 1.82) is 0 Å². The van der Waals surface area contributed by atoms with E-state index in [2.05, 4.69) is 5.10 Å². The van der Waals surface area contributed by atoms with Crippen LogP contribution in [-0.4, -0.2) is 39.9 Å². The molecule has 3 rings (SSSR count). The fraction of sp³-hybridized carbons (Fsp3) is 0.222. The van der Waals surface area contributed by atoms with Gasteiger partial charge in [-0.05, 0) is 24.3 Å². The van der Waals surface area contributed by atoms with Crippen molar-refractivity contribution in [2.75, 3.05) is 7.11 Å². The molecule has 1 amide bonds. The molecule has 0 saturated heterocycles. The number of nitrogens with zero attached hydrogens (tertiary/aromatic N) is 3. The molecule has 0 bridgehead atoms. The van der Waals surface area contributed by atoms with Crippen LogP contribution in [0.25, 0.3) is 0 Å². The summed E-state index contributed by atoms with van der Waals surface area (Å²) in [5, 5.41) is 25.5. The first-order chi connectivity index (χ1) is 13.6. The third kappa shape index (κ3) is 3.63. The maximum Gasteiger partial charge on any atom is 0.431 e. The number of hydrogen-bond acceptors (Lipinski definition) is 6. The Morgan fingerprint density at radius 2 is 1.86 bits per heavy atom. The van der Waals surface area contributed by atoms with Crippen LogP contribution >= 0.6 is 0 Å². The number of rotatable bonds is 4. The van der Waals surface area contributed by atoms with Crippen molar-refractivity contribution in [3.63, 3.8) is 0 Å². The summed E-state index contributed by atoms with van der Waals surface area (Å²) < 4.78 is 44.9. The van der Waals surface area contributed by atoms with E-state index in [1.165, 1.54) is 25.3 Å². The molecular weight excluding hydrogens is 395 g/mol. The maximum atomic E-state index is 13.3. The van der Waals surface area contributed by atoms with Gasteiger partial charge in [-0.3, -0.25) is 14.9 Å². The molecule has 1 aliphatic rings. The van der Waals surface area contributed by atoms with Crippen molar-refractivity contribution >= 4 is 17.3 Å². The van der Waals surface area contributed by atoms with Gasteiger partial charge in [0.15, 0.2) is 5.72 Å². The topological polar surface area (TPSA) is 105 Å². The van der Waals surface area contributed by atoms with Gasteiger partial charge in [0.2, 0.25) is 0 Å². The molecule has 0 saturated carbocycles. The number of carbonyl (C=O) groups excluding carboxylic acids is 1. The van der Waals surface area contributed by atoms with E-state index in [0.29, 0.717) is 5.01 Å². The summed E-state index contributed by atoms with van der Waals surface area (Å²) in [6.07, 6.45) is -5.92. The average Bonchev–Trinajstić information content (AvgIpc) is 3.06. The minimum absolute atomic E-state index is 0.0826. The van der Waals surface area contributed by atoms with Crippen molar-refractivity contribution in [2.24, 2.45) is 5.10 Å². The molecule has 0 fully saturated rings. The number of benzene rings is 2. The number of ether oxygens (including phenoxy) is 1. The molecule has 1 N–H and O–H groups in total. The van der Waals surface area contributed by atoms with E-state index < -0.39 is 34.9 Å². The van der Waals surface area contributed by atoms with E-state index in [0.717, 1.165) is 24.3 Å². The van der Waals surface area contributed by atoms with Crippen LogP contribution in [0, 0.1) is 10.1 Å². The Balaban J connectivity index is 2.09. The van der Waals surface area contributed by atoms with E-state index in [-0.39, 0.29) is 22.6 Å². The number of para-hydroxylation sites is 1. The highest BCUT2D eigenvalue weighted by Gasteiger charge is 2.53. The Morgan fingerprint density at radius 1 is 1.24 bits per heavy atom. The molecule has 1 heterocycles. The fourth-order valence-corrected chi connectivity index (χ4v) is 2.93. The van der Waals surface area contributed by atoms with Crippen LogP contribution < -0.4 is 4.74 Å². The molecule has 1 aliphatic heterocycles. The van der Waals surface area contributed by atoms with E-state index in [4.69, 9.17) is 4.74 Å². The van der Waals surface area contributed by atoms with Crippen molar-refractivity contribution in [3.8, 4) is 5.75 Å². The minimum atomic E-state index is -4.88. The molecule has 0 aromatic heterocycles. The van der Waals surface area contributed by atoms with Gasteiger partial charge >= 0.3 is 6.18 Å². The molecule has 1 atom stereocenters. The Labute approximate surface area is 162 Å². The summed E-state index contributed by atoms with van der Waals surface area (Å²) in [6, 6.07) is 9.99. The van der Waals surface area contributed by atoms with Gasteiger partial charge in [-0.15, -0.1) is 0 Å². The van der Waals surface area contributed by atoms with Gasteiger partial charge in [-0.25, -0.2) is 0 Å². The number of non-ortho nitro benzene ring substituents is 1. The molecule has 0 spiro atoms. The standard InChI is InChI=1S/C18H14F3N3O5/c1-29-14-5-3-2-4-13(14)16(25)23-17(26,10-15(22-23)18(19,20)21)11-6-8-12(9-7-11)24(27)28/h2-9,26H,10H2,1H3/t17-/m0/s1. The number of hydrazone groups is 1. The number of methoxy groups -OCH3 is 1. The highest BCUT2D eigenvalue weighted by molar-refractivity contribution is 6.01. The Kier molecular flexibility index (Phi) is 5.01. The summed E-state index contributed by atoms with van der Waals surface area (Å²) in [6.45, 7) is 0. The zero-order valence-electron chi connectivity index (χ0n) is 14.9. The van der Waals surface area contributed by atoms with Crippen LogP contribution in [0.1, 0.15) is 22.3 Å². The Hall–Kier alpha value is -3.47. The van der Waals surface area contributed by atoms with Gasteiger partial charge < -0.3 is 9.84 Å². The zero-order chi connectivity index (χ0) is 21.4. The summed E-state index contributed by atoms with van der Waals surface area (Å²) >= 11 is 0. The van der Waals surface area contributed by atoms with Crippen molar-refractivity contribution in [1.82, 2.24) is 5.01 Å². The molecule has 0 aliphatic carbocycles. The number of nitro benzene ring substituents is 1. The smallest absolute Gasteiger partial charge is 0.431 e. The van der Waals surface area contributed by atoms with Crippen molar-refractivity contribution < 1.29 is 32.7 Å². The highest BCUT2D eigenvalue weighted by Crippen LogP contribution is 2.41. The van der Waals surface area contributed by atoms with E-state index >= 15 is 0 Å². The highest BCUT2D eigenvalue weighted by atomic mass is 19.4. The predicted octanol–water partition coefficient (Wildman–Crippen LogP) is 3.21. The van der Waals surface area contributed by atoms with Crippen LogP contribution in [0.2, 0.25) is 0 Å². The van der Waals surface area contributed by atoms with Gasteiger partial charge in [-0.2, -0.15) is 23.3 Å². The van der Waals surface area contributed by atoms with Crippen LogP contribution in [0.4, 0.5) is 18.9 Å². The summed E-state index contributed by atoms with van der Waals surface area (Å²) in [5.41, 5.74) is -4.44. The molecule has 8 nitrogen and oxygen atoms in total. The van der Waals surface area contributed by atoms with E-state index in [1.54, 1.807) is 6.07 Å². The molecule has 2 aromatic rings. The Bertz CT molecular complexity index is 991. The predicted molar refractivity (Wildman–Crippen MR) is 94.3 cm³/mol. The third-order valence-corrected chi connectivity index (χ3v) is 4.38. The monoisotopic (exact) mass is 409 g/mol. The fourth-order valence-electron chi connectivity index (χ4n) is 2.93. The quantitative estimate of drug-likeness (QED) is 0.617. The first-order valence-corrected chi connectivity index (χ1v) is 8.17. The first kappa shape index (κ1) is 20.3. The number of nitro groups is 1. The molecule has 29 heavy (non-hydrogen) atoms. The first-order valence-electron chi connectivity index (χ1n) is 8.17. The second kappa shape index (κ2) is 7.17. The summed E-state index contributed by atoms with van der Waals surface area (Å²) in [5.74, 6) is -0.943. The number of halogens is 3. The van der Waals surface area contributed by atoms with Crippen LogP contribution in [0.3, 0.4) is 0 Å². The lowest BCUT2D eigenvalue weighted by atomic mass is 9.96. The van der Waals surface area contributed by atoms with Crippen molar-refractivity contribution in [3.05, 3.63) is 69.8 Å². The molecule has 152 valence electrons. The minimum Gasteiger partial charge on any atom is -0.496 e. The maximum absolute atomic E-state index is 13.3. The summed E-state index contributed by atoms with van der Waals surface area (Å²) in [4.78, 5) is 23.1. The van der Waals surface area contributed by atoms with Gasteiger partial charge in [0.25, 0.3) is 11.6 Å². The molecule has 2 aromatic carbocycles. The van der Waals surface area contributed by atoms with E-state index in [9.17, 15) is 33.2 Å². The number of aliphatic hydroxyl groups is 1. The number of hydrogen-bond donors (Lipinski definition) is 1. The lowest BCUT2D eigenvalue weighted by Crippen LogP contribution is -2.43. The number of carbonyl (C=O) groups is 1. The number of alkyl halides is 3. The molecular formula is C18H14F3N3O5. The molecule has 11 heteroatoms. The van der Waals surface area contributed by atoms with Crippen LogP contribution in [0.15, 0.2) is 53.6 Å². The second-order valence-corrected chi connectivity index (χ2v) is 6.16. The van der Waals surface area contributed by atoms with Crippen LogP contribution in [0.5, 0.6) is 5.75 Å². The van der Waals surface area contributed by atoms with Gasteiger partial charge in [0.1, 0.15) is 11.5 Å². The lowest BCUT2D eigenvalue weighted by molar-refractivity contribution is -0.384. The normalized spacial score (nSPS) is 19.1. The largest absolute Gasteiger partial charge is 0.496 e. The van der Waals surface area contributed by atoms with Gasteiger partial charge in [0.05, 0.1) is 24.0 Å². The van der Waals surface area contributed by atoms with Gasteiger partial charge in [0, 0.05) is 17.7 Å². The summed E-state index contributed by atoms with van der Waals surface area (Å²) in [7, 11) is 1.28. The Morgan fingerprint density at radius 3 is 2.41 bits per heavy atom. The molecule has 0 radical (unpaired) electrons. The number of amides is 1. The zero-order valence-corrected chi connectivity index (χ0v) is 14.9. The third-order valence-electron chi connectivity index (χ3n) is 4.38. The van der Waals surface area contributed by atoms with Crippen molar-refractivity contribution in [2.45, 2.75) is 18.3 Å². The van der Waals surface area contributed by atoms with E-state index in [1.807, 2.05) is 0 Å². The SMILES string of the molecule is COc1ccccc1C(=O)N1N=C(C(F)(F)F)C[C@]1(O)c1ccc([N+](=O)[O-])cc1.